The van der Waals surface area contributed by atoms with Crippen LogP contribution < -0.4 is 15.8 Å². The maximum absolute atomic E-state index is 11.8. The molecule has 1 aromatic rings. The van der Waals surface area contributed by atoms with E-state index in [1.165, 1.54) is 25.7 Å². The van der Waals surface area contributed by atoms with Crippen LogP contribution in [0.1, 0.15) is 31.4 Å². The summed E-state index contributed by atoms with van der Waals surface area (Å²) in [4.78, 5) is 21.4. The van der Waals surface area contributed by atoms with Gasteiger partial charge in [0.1, 0.15) is 0 Å². The number of hydrogen-bond acceptors (Lipinski definition) is 5. The smallest absolute Gasteiger partial charge is 0.252 e. The third-order valence-electron chi connectivity index (χ3n) is 3.48. The second kappa shape index (κ2) is 8.01. The molecule has 0 unspecified atom stereocenters. The van der Waals surface area contributed by atoms with E-state index < -0.39 is 0 Å². The molecule has 0 spiro atoms. The molecule has 112 valence electrons. The Balaban J connectivity index is 2.01. The van der Waals surface area contributed by atoms with Crippen LogP contribution in [-0.4, -0.2) is 43.3 Å². The molecule has 0 atom stereocenters. The molecule has 2 heterocycles. The van der Waals surface area contributed by atoms with Gasteiger partial charge in [0, 0.05) is 39.4 Å². The number of ether oxygens (including phenoxy) is 1. The summed E-state index contributed by atoms with van der Waals surface area (Å²) in [5, 5.41) is 3.21. The van der Waals surface area contributed by atoms with E-state index in [2.05, 4.69) is 20.2 Å². The standard InChI is InChI=1S/C14H24N4O2/c1-20-9-6-15-11-12-10-13(19)17-14(16-12)18-7-4-2-3-5-8-18/h10,15H,2-9,11H2,1H3,(H,16,17,19). The minimum absolute atomic E-state index is 0.0808. The molecule has 1 aromatic heterocycles. The van der Waals surface area contributed by atoms with Gasteiger partial charge in [-0.1, -0.05) is 12.8 Å². The van der Waals surface area contributed by atoms with Crippen LogP contribution in [0.5, 0.6) is 0 Å². The van der Waals surface area contributed by atoms with E-state index in [0.29, 0.717) is 19.1 Å². The van der Waals surface area contributed by atoms with Gasteiger partial charge in [-0.3, -0.25) is 9.78 Å². The third-order valence-corrected chi connectivity index (χ3v) is 3.48. The fraction of sp³-hybridized carbons (Fsp3) is 0.714. The Hall–Kier alpha value is -1.40. The number of anilines is 1. The molecule has 2 N–H and O–H groups in total. The zero-order valence-corrected chi connectivity index (χ0v) is 12.2. The average molecular weight is 280 g/mol. The van der Waals surface area contributed by atoms with Crippen molar-refractivity contribution in [2.24, 2.45) is 0 Å². The summed E-state index contributed by atoms with van der Waals surface area (Å²) in [6, 6.07) is 1.56. The topological polar surface area (TPSA) is 70.2 Å². The zero-order valence-electron chi connectivity index (χ0n) is 12.2. The summed E-state index contributed by atoms with van der Waals surface area (Å²) in [5.74, 6) is 0.711. The molecule has 20 heavy (non-hydrogen) atoms. The summed E-state index contributed by atoms with van der Waals surface area (Å²) < 4.78 is 4.98. The molecule has 0 saturated carbocycles. The van der Waals surface area contributed by atoms with E-state index in [-0.39, 0.29) is 5.56 Å². The van der Waals surface area contributed by atoms with Crippen molar-refractivity contribution in [1.82, 2.24) is 15.3 Å². The monoisotopic (exact) mass is 280 g/mol. The normalized spacial score (nSPS) is 16.1. The molecule has 0 bridgehead atoms. The number of H-pyrrole nitrogens is 1. The lowest BCUT2D eigenvalue weighted by Crippen LogP contribution is -2.29. The summed E-state index contributed by atoms with van der Waals surface area (Å²) in [6.45, 7) is 3.95. The van der Waals surface area contributed by atoms with E-state index in [9.17, 15) is 4.79 Å². The highest BCUT2D eigenvalue weighted by atomic mass is 16.5. The van der Waals surface area contributed by atoms with Crippen molar-refractivity contribution in [2.45, 2.75) is 32.2 Å². The van der Waals surface area contributed by atoms with Gasteiger partial charge in [-0.05, 0) is 12.8 Å². The van der Waals surface area contributed by atoms with Gasteiger partial charge in [-0.2, -0.15) is 0 Å². The number of methoxy groups -OCH3 is 1. The Morgan fingerprint density at radius 3 is 2.80 bits per heavy atom. The second-order valence-corrected chi connectivity index (χ2v) is 5.13. The number of nitrogens with zero attached hydrogens (tertiary/aromatic N) is 2. The lowest BCUT2D eigenvalue weighted by Gasteiger charge is -2.21. The maximum Gasteiger partial charge on any atom is 0.252 e. The van der Waals surface area contributed by atoms with Crippen molar-refractivity contribution in [3.8, 4) is 0 Å². The van der Waals surface area contributed by atoms with Crippen molar-refractivity contribution in [2.75, 3.05) is 38.3 Å². The maximum atomic E-state index is 11.8. The Bertz CT molecular complexity index is 453. The van der Waals surface area contributed by atoms with E-state index in [4.69, 9.17) is 4.74 Å². The van der Waals surface area contributed by atoms with Gasteiger partial charge in [-0.15, -0.1) is 0 Å². The van der Waals surface area contributed by atoms with E-state index >= 15 is 0 Å². The summed E-state index contributed by atoms with van der Waals surface area (Å²) in [5.41, 5.74) is 0.701. The molecule has 0 aromatic carbocycles. The average Bonchev–Trinajstić information content (AvgIpc) is 2.72. The molecule has 1 aliphatic rings. The van der Waals surface area contributed by atoms with E-state index in [0.717, 1.165) is 25.3 Å². The first-order valence-electron chi connectivity index (χ1n) is 7.34. The van der Waals surface area contributed by atoms with Crippen LogP contribution in [0, 0.1) is 0 Å². The molecule has 1 fully saturated rings. The van der Waals surface area contributed by atoms with Crippen molar-refractivity contribution < 1.29 is 4.74 Å². The third kappa shape index (κ3) is 4.61. The Morgan fingerprint density at radius 1 is 1.35 bits per heavy atom. The van der Waals surface area contributed by atoms with Gasteiger partial charge in [0.25, 0.3) is 5.56 Å². The molecule has 1 aliphatic heterocycles. The van der Waals surface area contributed by atoms with Crippen LogP contribution in [0.2, 0.25) is 0 Å². The van der Waals surface area contributed by atoms with Crippen molar-refractivity contribution in [1.29, 1.82) is 0 Å². The number of rotatable bonds is 6. The van der Waals surface area contributed by atoms with Crippen LogP contribution >= 0.6 is 0 Å². The van der Waals surface area contributed by atoms with Gasteiger partial charge in [0.05, 0.1) is 12.3 Å². The van der Waals surface area contributed by atoms with Gasteiger partial charge in [0.2, 0.25) is 5.95 Å². The highest BCUT2D eigenvalue weighted by molar-refractivity contribution is 5.30. The Kier molecular flexibility index (Phi) is 6.01. The molecule has 6 heteroatoms. The van der Waals surface area contributed by atoms with Crippen LogP contribution in [0.15, 0.2) is 10.9 Å². The first kappa shape index (κ1) is 15.0. The number of aromatic nitrogens is 2. The molecule has 0 aliphatic carbocycles. The molecule has 0 amide bonds. The fourth-order valence-electron chi connectivity index (χ4n) is 2.41. The Labute approximate surface area is 119 Å². The fourth-order valence-corrected chi connectivity index (χ4v) is 2.41. The SMILES string of the molecule is COCCNCc1cc(=O)[nH]c(N2CCCCCC2)n1. The quantitative estimate of drug-likeness (QED) is 0.757. The number of nitrogens with one attached hydrogen (secondary N) is 2. The minimum atomic E-state index is -0.0808. The Morgan fingerprint density at radius 2 is 2.10 bits per heavy atom. The van der Waals surface area contributed by atoms with Crippen LogP contribution in [-0.2, 0) is 11.3 Å². The molecular formula is C14H24N4O2. The van der Waals surface area contributed by atoms with Crippen LogP contribution in [0.25, 0.3) is 0 Å². The van der Waals surface area contributed by atoms with Crippen LogP contribution in [0.3, 0.4) is 0 Å². The summed E-state index contributed by atoms with van der Waals surface area (Å²) in [6.07, 6.45) is 4.86. The molecule has 0 radical (unpaired) electrons. The lowest BCUT2D eigenvalue weighted by atomic mass is 10.2. The van der Waals surface area contributed by atoms with E-state index in [1.807, 2.05) is 0 Å². The minimum Gasteiger partial charge on any atom is -0.383 e. The first-order chi connectivity index (χ1) is 9.79. The van der Waals surface area contributed by atoms with Gasteiger partial charge < -0.3 is 15.0 Å². The molecular weight excluding hydrogens is 256 g/mol. The van der Waals surface area contributed by atoms with Crippen molar-refractivity contribution >= 4 is 5.95 Å². The van der Waals surface area contributed by atoms with Gasteiger partial charge in [0.15, 0.2) is 0 Å². The largest absolute Gasteiger partial charge is 0.383 e. The second-order valence-electron chi connectivity index (χ2n) is 5.13. The van der Waals surface area contributed by atoms with Crippen LogP contribution in [0.4, 0.5) is 5.95 Å². The lowest BCUT2D eigenvalue weighted by molar-refractivity contribution is 0.199. The predicted octanol–water partition coefficient (Wildman–Crippen LogP) is 0.886. The summed E-state index contributed by atoms with van der Waals surface area (Å²) in [7, 11) is 1.67. The van der Waals surface area contributed by atoms with E-state index in [1.54, 1.807) is 13.2 Å². The highest BCUT2D eigenvalue weighted by Gasteiger charge is 2.12. The molecule has 2 rings (SSSR count). The first-order valence-corrected chi connectivity index (χ1v) is 7.34. The predicted molar refractivity (Wildman–Crippen MR) is 79.1 cm³/mol. The van der Waals surface area contributed by atoms with Gasteiger partial charge >= 0.3 is 0 Å². The zero-order chi connectivity index (χ0) is 14.2. The summed E-state index contributed by atoms with van der Waals surface area (Å²) >= 11 is 0. The van der Waals surface area contributed by atoms with Crippen molar-refractivity contribution in [3.05, 3.63) is 22.1 Å². The van der Waals surface area contributed by atoms with Gasteiger partial charge in [-0.25, -0.2) is 4.98 Å². The molecule has 6 nitrogen and oxygen atoms in total. The number of aromatic amines is 1. The van der Waals surface area contributed by atoms with Crippen molar-refractivity contribution in [3.63, 3.8) is 0 Å². The molecule has 1 saturated heterocycles. The highest BCUT2D eigenvalue weighted by Crippen LogP contribution is 2.14. The number of hydrogen-bond donors (Lipinski definition) is 2.